The lowest BCUT2D eigenvalue weighted by molar-refractivity contribution is -0.384. The van der Waals surface area contributed by atoms with Crippen LogP contribution in [0, 0.1) is 10.1 Å². The van der Waals surface area contributed by atoms with Gasteiger partial charge in [-0.15, -0.1) is 0 Å². The van der Waals surface area contributed by atoms with Crippen molar-refractivity contribution in [3.8, 4) is 5.75 Å². The summed E-state index contributed by atoms with van der Waals surface area (Å²) in [5, 5.41) is 20.1. The van der Waals surface area contributed by atoms with Crippen LogP contribution in [0.5, 0.6) is 5.75 Å². The predicted molar refractivity (Wildman–Crippen MR) is 63.0 cm³/mol. The molecule has 0 aromatic heterocycles. The van der Waals surface area contributed by atoms with E-state index in [0.29, 0.717) is 12.4 Å². The van der Waals surface area contributed by atoms with E-state index in [2.05, 4.69) is 0 Å². The Morgan fingerprint density at radius 1 is 1.21 bits per heavy atom. The van der Waals surface area contributed by atoms with Crippen LogP contribution in [-0.4, -0.2) is 47.7 Å². The molecule has 2 heterocycles. The standard InChI is InChI=1S/C12H13NO6/c14-9-5-17-12-10(6-18-11(9)12)19-8-3-1-7(2-4-8)13(15)16/h1-4,9-12,14H,5-6H2/t9-,10-,11+,12+/m0/s1. The SMILES string of the molecule is O=[N+]([O-])c1ccc(O[C@H]2CO[C@H]3[C@@H]2OC[C@@H]3O)cc1. The fourth-order valence-electron chi connectivity index (χ4n) is 2.37. The molecule has 7 nitrogen and oxygen atoms in total. The number of hydrogen-bond acceptors (Lipinski definition) is 6. The van der Waals surface area contributed by atoms with Crippen molar-refractivity contribution in [1.82, 2.24) is 0 Å². The zero-order valence-electron chi connectivity index (χ0n) is 9.97. The molecule has 2 fully saturated rings. The van der Waals surface area contributed by atoms with Gasteiger partial charge in [0.1, 0.15) is 24.1 Å². The topological polar surface area (TPSA) is 91.1 Å². The minimum Gasteiger partial charge on any atom is -0.485 e. The molecule has 102 valence electrons. The molecular formula is C12H13NO6. The van der Waals surface area contributed by atoms with E-state index in [1.54, 1.807) is 0 Å². The molecule has 0 radical (unpaired) electrons. The van der Waals surface area contributed by atoms with Gasteiger partial charge in [-0.05, 0) is 12.1 Å². The first-order valence-electron chi connectivity index (χ1n) is 5.97. The lowest BCUT2D eigenvalue weighted by atomic mass is 10.1. The van der Waals surface area contributed by atoms with Crippen LogP contribution in [0.25, 0.3) is 0 Å². The van der Waals surface area contributed by atoms with Crippen LogP contribution in [-0.2, 0) is 9.47 Å². The Kier molecular flexibility index (Phi) is 3.09. The van der Waals surface area contributed by atoms with Gasteiger partial charge in [0.15, 0.2) is 6.10 Å². The van der Waals surface area contributed by atoms with E-state index < -0.39 is 11.0 Å². The average molecular weight is 267 g/mol. The first kappa shape index (κ1) is 12.3. The molecule has 0 spiro atoms. The van der Waals surface area contributed by atoms with Gasteiger partial charge < -0.3 is 19.3 Å². The molecule has 2 saturated heterocycles. The Bertz CT molecular complexity index is 476. The minimum atomic E-state index is -0.615. The number of nitro groups is 1. The summed E-state index contributed by atoms with van der Waals surface area (Å²) in [5.74, 6) is 0.518. The van der Waals surface area contributed by atoms with E-state index in [1.807, 2.05) is 0 Å². The number of fused-ring (bicyclic) bond motifs is 1. The summed E-state index contributed by atoms with van der Waals surface area (Å²) in [5.41, 5.74) is 0.0143. The number of non-ortho nitro benzene ring substituents is 1. The van der Waals surface area contributed by atoms with Crippen LogP contribution in [0.1, 0.15) is 0 Å². The van der Waals surface area contributed by atoms with Crippen molar-refractivity contribution in [3.05, 3.63) is 34.4 Å². The Balaban J connectivity index is 1.67. The summed E-state index contributed by atoms with van der Waals surface area (Å²) in [6.45, 7) is 0.582. The highest BCUT2D eigenvalue weighted by Gasteiger charge is 2.48. The van der Waals surface area contributed by atoms with Gasteiger partial charge in [-0.2, -0.15) is 0 Å². The summed E-state index contributed by atoms with van der Waals surface area (Å²) >= 11 is 0. The van der Waals surface area contributed by atoms with Crippen molar-refractivity contribution in [3.63, 3.8) is 0 Å². The van der Waals surface area contributed by atoms with E-state index in [0.717, 1.165) is 0 Å². The van der Waals surface area contributed by atoms with Gasteiger partial charge in [-0.1, -0.05) is 0 Å². The maximum atomic E-state index is 10.5. The molecule has 1 aromatic rings. The van der Waals surface area contributed by atoms with Crippen LogP contribution >= 0.6 is 0 Å². The molecule has 1 N–H and O–H groups in total. The van der Waals surface area contributed by atoms with Crippen molar-refractivity contribution < 1.29 is 24.2 Å². The van der Waals surface area contributed by atoms with Crippen LogP contribution < -0.4 is 4.74 Å². The maximum absolute atomic E-state index is 10.5. The third-order valence-corrected chi connectivity index (χ3v) is 3.32. The zero-order chi connectivity index (χ0) is 13.4. The van der Waals surface area contributed by atoms with Crippen molar-refractivity contribution >= 4 is 5.69 Å². The summed E-state index contributed by atoms with van der Waals surface area (Å²) < 4.78 is 16.5. The van der Waals surface area contributed by atoms with Crippen molar-refractivity contribution in [1.29, 1.82) is 0 Å². The van der Waals surface area contributed by atoms with Gasteiger partial charge in [-0.3, -0.25) is 10.1 Å². The van der Waals surface area contributed by atoms with Crippen molar-refractivity contribution in [2.75, 3.05) is 13.2 Å². The van der Waals surface area contributed by atoms with Gasteiger partial charge in [-0.25, -0.2) is 0 Å². The number of ether oxygens (including phenoxy) is 3. The molecule has 2 aliphatic heterocycles. The molecule has 0 unspecified atom stereocenters. The average Bonchev–Trinajstić information content (AvgIpc) is 2.95. The molecule has 2 aliphatic rings. The van der Waals surface area contributed by atoms with Gasteiger partial charge in [0.05, 0.1) is 18.1 Å². The minimum absolute atomic E-state index is 0.0143. The number of nitrogens with zero attached hydrogens (tertiary/aromatic N) is 1. The van der Waals surface area contributed by atoms with E-state index >= 15 is 0 Å². The van der Waals surface area contributed by atoms with E-state index in [4.69, 9.17) is 14.2 Å². The Hall–Kier alpha value is -1.70. The summed E-state index contributed by atoms with van der Waals surface area (Å²) in [7, 11) is 0. The number of benzene rings is 1. The second kappa shape index (κ2) is 4.76. The zero-order valence-corrected chi connectivity index (χ0v) is 9.97. The summed E-state index contributed by atoms with van der Waals surface area (Å²) in [4.78, 5) is 10.1. The normalized spacial score (nSPS) is 33.1. The predicted octanol–water partition coefficient (Wildman–Crippen LogP) is 0.501. The molecule has 4 atom stereocenters. The lowest BCUT2D eigenvalue weighted by Crippen LogP contribution is -2.34. The second-order valence-electron chi connectivity index (χ2n) is 4.57. The van der Waals surface area contributed by atoms with Gasteiger partial charge in [0.2, 0.25) is 0 Å². The van der Waals surface area contributed by atoms with E-state index in [9.17, 15) is 15.2 Å². The van der Waals surface area contributed by atoms with Crippen LogP contribution in [0.3, 0.4) is 0 Å². The molecule has 0 aliphatic carbocycles. The number of aliphatic hydroxyl groups excluding tert-OH is 1. The molecule has 3 rings (SSSR count). The molecule has 1 aromatic carbocycles. The van der Waals surface area contributed by atoms with Crippen molar-refractivity contribution in [2.24, 2.45) is 0 Å². The van der Waals surface area contributed by atoms with Gasteiger partial charge in [0, 0.05) is 12.1 Å². The Morgan fingerprint density at radius 2 is 1.89 bits per heavy atom. The number of hydrogen-bond donors (Lipinski definition) is 1. The summed E-state index contributed by atoms with van der Waals surface area (Å²) in [6.07, 6.45) is -1.55. The largest absolute Gasteiger partial charge is 0.485 e. The quantitative estimate of drug-likeness (QED) is 0.633. The first-order chi connectivity index (χ1) is 9.15. The fraction of sp³-hybridized carbons (Fsp3) is 0.500. The molecule has 7 heteroatoms. The molecule has 0 saturated carbocycles. The molecule has 0 bridgehead atoms. The molecular weight excluding hydrogens is 254 g/mol. The smallest absolute Gasteiger partial charge is 0.269 e. The highest BCUT2D eigenvalue weighted by molar-refractivity contribution is 5.36. The highest BCUT2D eigenvalue weighted by Crippen LogP contribution is 2.30. The Morgan fingerprint density at radius 3 is 2.58 bits per heavy atom. The number of nitro benzene ring substituents is 1. The fourth-order valence-corrected chi connectivity index (χ4v) is 2.37. The maximum Gasteiger partial charge on any atom is 0.269 e. The van der Waals surface area contributed by atoms with Crippen LogP contribution in [0.2, 0.25) is 0 Å². The van der Waals surface area contributed by atoms with Gasteiger partial charge in [0.25, 0.3) is 5.69 Å². The number of rotatable bonds is 3. The molecule has 19 heavy (non-hydrogen) atoms. The second-order valence-corrected chi connectivity index (χ2v) is 4.57. The third kappa shape index (κ3) is 2.27. The lowest BCUT2D eigenvalue weighted by Gasteiger charge is -2.17. The number of aliphatic hydroxyl groups is 1. The first-order valence-corrected chi connectivity index (χ1v) is 5.97. The van der Waals surface area contributed by atoms with Crippen LogP contribution in [0.4, 0.5) is 5.69 Å². The monoisotopic (exact) mass is 267 g/mol. The molecule has 0 amide bonds. The van der Waals surface area contributed by atoms with Crippen molar-refractivity contribution in [2.45, 2.75) is 24.4 Å². The van der Waals surface area contributed by atoms with E-state index in [1.165, 1.54) is 24.3 Å². The van der Waals surface area contributed by atoms with E-state index in [-0.39, 0.29) is 30.6 Å². The summed E-state index contributed by atoms with van der Waals surface area (Å²) in [6, 6.07) is 5.84. The van der Waals surface area contributed by atoms with Gasteiger partial charge >= 0.3 is 0 Å². The highest BCUT2D eigenvalue weighted by atomic mass is 16.6. The third-order valence-electron chi connectivity index (χ3n) is 3.32. The Labute approximate surface area is 108 Å². The van der Waals surface area contributed by atoms with Crippen LogP contribution in [0.15, 0.2) is 24.3 Å².